The van der Waals surface area contributed by atoms with Crippen molar-refractivity contribution in [3.8, 4) is 11.5 Å². The van der Waals surface area contributed by atoms with Gasteiger partial charge in [0.25, 0.3) is 0 Å². The standard InChI is InChI=1S/C33H38N4O5/c1-23-13-16-25(17-14-23)32(33(40)35-26-8-3-2-4-9-26)37(21-24-15-18-27-28(20-24)42-22-41-27)31(39)12-7-11-30(38)36-29-10-5-6-19-34-29/h5-6,10,13-20,26,32H,2-4,7-9,11-12,21-22H2,1H3,(H,35,40)(H,34,36,38)/t32-/m1/s1. The van der Waals surface area contributed by atoms with Crippen molar-refractivity contribution in [1.29, 1.82) is 0 Å². The number of fused-ring (bicyclic) bond motifs is 1. The molecule has 0 spiro atoms. The van der Waals surface area contributed by atoms with Crippen molar-refractivity contribution in [1.82, 2.24) is 15.2 Å². The summed E-state index contributed by atoms with van der Waals surface area (Å²) in [6.45, 7) is 2.34. The van der Waals surface area contributed by atoms with Crippen LogP contribution in [0.5, 0.6) is 11.5 Å². The molecule has 1 aliphatic carbocycles. The Morgan fingerprint density at radius 2 is 1.74 bits per heavy atom. The lowest BCUT2D eigenvalue weighted by Crippen LogP contribution is -2.46. The number of hydrogen-bond donors (Lipinski definition) is 2. The highest BCUT2D eigenvalue weighted by Crippen LogP contribution is 2.34. The molecule has 0 saturated heterocycles. The number of rotatable bonds is 11. The van der Waals surface area contributed by atoms with Crippen molar-refractivity contribution >= 4 is 23.5 Å². The van der Waals surface area contributed by atoms with E-state index in [1.165, 1.54) is 6.42 Å². The lowest BCUT2D eigenvalue weighted by Gasteiger charge is -2.33. The molecule has 0 unspecified atom stereocenters. The Morgan fingerprint density at radius 1 is 0.952 bits per heavy atom. The molecule has 2 heterocycles. The van der Waals surface area contributed by atoms with E-state index in [0.29, 0.717) is 23.7 Å². The van der Waals surface area contributed by atoms with Crippen molar-refractivity contribution in [3.05, 3.63) is 83.6 Å². The topological polar surface area (TPSA) is 110 Å². The second-order valence-corrected chi connectivity index (χ2v) is 11.0. The van der Waals surface area contributed by atoms with Gasteiger partial charge in [-0.05, 0) is 61.6 Å². The van der Waals surface area contributed by atoms with E-state index in [-0.39, 0.29) is 49.9 Å². The summed E-state index contributed by atoms with van der Waals surface area (Å²) in [5, 5.41) is 6.01. The van der Waals surface area contributed by atoms with E-state index in [9.17, 15) is 14.4 Å². The zero-order chi connectivity index (χ0) is 29.3. The highest BCUT2D eigenvalue weighted by atomic mass is 16.7. The van der Waals surface area contributed by atoms with Gasteiger partial charge in [0.2, 0.25) is 24.5 Å². The monoisotopic (exact) mass is 570 g/mol. The molecule has 9 heteroatoms. The summed E-state index contributed by atoms with van der Waals surface area (Å²) in [5.74, 6) is 1.13. The van der Waals surface area contributed by atoms with Gasteiger partial charge in [0.05, 0.1) is 0 Å². The van der Waals surface area contributed by atoms with Crippen molar-refractivity contribution in [2.24, 2.45) is 0 Å². The van der Waals surface area contributed by atoms with Crippen LogP contribution in [0.2, 0.25) is 0 Å². The van der Waals surface area contributed by atoms with Gasteiger partial charge in [-0.1, -0.05) is 61.2 Å². The minimum absolute atomic E-state index is 0.0944. The highest BCUT2D eigenvalue weighted by Gasteiger charge is 2.33. The van der Waals surface area contributed by atoms with Gasteiger partial charge in [-0.25, -0.2) is 4.98 Å². The van der Waals surface area contributed by atoms with Gasteiger partial charge in [-0.15, -0.1) is 0 Å². The summed E-state index contributed by atoms with van der Waals surface area (Å²) >= 11 is 0. The molecule has 42 heavy (non-hydrogen) atoms. The van der Waals surface area contributed by atoms with Gasteiger partial charge in [-0.3, -0.25) is 14.4 Å². The van der Waals surface area contributed by atoms with Gasteiger partial charge in [-0.2, -0.15) is 0 Å². The molecule has 2 N–H and O–H groups in total. The summed E-state index contributed by atoms with van der Waals surface area (Å²) in [6, 6.07) is 17.9. The molecule has 2 aliphatic rings. The maximum Gasteiger partial charge on any atom is 0.247 e. The van der Waals surface area contributed by atoms with Gasteiger partial charge < -0.3 is 25.0 Å². The summed E-state index contributed by atoms with van der Waals surface area (Å²) in [6.07, 6.45) is 7.43. The van der Waals surface area contributed by atoms with Crippen LogP contribution in [0.4, 0.5) is 5.82 Å². The quantitative estimate of drug-likeness (QED) is 0.317. The number of ether oxygens (including phenoxy) is 2. The number of amides is 3. The van der Waals surface area contributed by atoms with Crippen LogP contribution >= 0.6 is 0 Å². The fourth-order valence-corrected chi connectivity index (χ4v) is 5.49. The van der Waals surface area contributed by atoms with Crippen LogP contribution in [-0.4, -0.2) is 40.4 Å². The average molecular weight is 571 g/mol. The van der Waals surface area contributed by atoms with Gasteiger partial charge in [0, 0.05) is 31.6 Å². The second kappa shape index (κ2) is 14.0. The molecule has 3 amide bonds. The molecular weight excluding hydrogens is 532 g/mol. The van der Waals surface area contributed by atoms with Crippen LogP contribution in [0.3, 0.4) is 0 Å². The Balaban J connectivity index is 1.37. The Labute approximate surface area is 246 Å². The van der Waals surface area contributed by atoms with Crippen molar-refractivity contribution in [2.75, 3.05) is 12.1 Å². The van der Waals surface area contributed by atoms with Gasteiger partial charge >= 0.3 is 0 Å². The predicted molar refractivity (Wildman–Crippen MR) is 159 cm³/mol. The Kier molecular flexibility index (Phi) is 9.69. The fraction of sp³-hybridized carbons (Fsp3) is 0.394. The van der Waals surface area contributed by atoms with Crippen LogP contribution in [-0.2, 0) is 20.9 Å². The van der Waals surface area contributed by atoms with Crippen LogP contribution < -0.4 is 20.1 Å². The maximum atomic E-state index is 14.0. The van der Waals surface area contributed by atoms with E-state index in [4.69, 9.17) is 9.47 Å². The lowest BCUT2D eigenvalue weighted by molar-refractivity contribution is -0.142. The second-order valence-electron chi connectivity index (χ2n) is 11.0. The lowest BCUT2D eigenvalue weighted by atomic mass is 9.94. The molecule has 0 bridgehead atoms. The number of hydrogen-bond acceptors (Lipinski definition) is 6. The fourth-order valence-electron chi connectivity index (χ4n) is 5.49. The molecule has 1 aliphatic heterocycles. The molecule has 1 fully saturated rings. The third kappa shape index (κ3) is 7.66. The summed E-state index contributed by atoms with van der Waals surface area (Å²) in [5.41, 5.74) is 2.64. The first-order chi connectivity index (χ1) is 20.5. The van der Waals surface area contributed by atoms with E-state index < -0.39 is 6.04 Å². The Hall–Kier alpha value is -4.40. The van der Waals surface area contributed by atoms with E-state index in [2.05, 4.69) is 15.6 Å². The third-order valence-electron chi connectivity index (χ3n) is 7.74. The SMILES string of the molecule is Cc1ccc([C@H](C(=O)NC2CCCCC2)N(Cc2ccc3c(c2)OCO3)C(=O)CCCC(=O)Nc2ccccn2)cc1. The number of pyridine rings is 1. The molecule has 5 rings (SSSR count). The van der Waals surface area contributed by atoms with Gasteiger partial charge in [0.15, 0.2) is 11.5 Å². The van der Waals surface area contributed by atoms with E-state index in [0.717, 1.165) is 42.4 Å². The van der Waals surface area contributed by atoms with Gasteiger partial charge in [0.1, 0.15) is 11.9 Å². The van der Waals surface area contributed by atoms with E-state index >= 15 is 0 Å². The first-order valence-corrected chi connectivity index (χ1v) is 14.7. The molecule has 1 saturated carbocycles. The van der Waals surface area contributed by atoms with Crippen LogP contribution in [0.15, 0.2) is 66.9 Å². The number of carbonyl (C=O) groups excluding carboxylic acids is 3. The maximum absolute atomic E-state index is 14.0. The minimum Gasteiger partial charge on any atom is -0.454 e. The number of carbonyl (C=O) groups is 3. The number of aromatic nitrogens is 1. The largest absolute Gasteiger partial charge is 0.454 e. The van der Waals surface area contributed by atoms with E-state index in [1.807, 2.05) is 49.4 Å². The van der Waals surface area contributed by atoms with Crippen molar-refractivity contribution < 1.29 is 23.9 Å². The average Bonchev–Trinajstić information content (AvgIpc) is 3.47. The first-order valence-electron chi connectivity index (χ1n) is 14.7. The van der Waals surface area contributed by atoms with E-state index in [1.54, 1.807) is 29.3 Å². The molecule has 0 radical (unpaired) electrons. The summed E-state index contributed by atoms with van der Waals surface area (Å²) in [4.78, 5) is 46.2. The molecule has 1 aromatic heterocycles. The van der Waals surface area contributed by atoms with Crippen LogP contribution in [0.25, 0.3) is 0 Å². The summed E-state index contributed by atoms with van der Waals surface area (Å²) < 4.78 is 11.0. The number of aryl methyl sites for hydroxylation is 1. The zero-order valence-corrected chi connectivity index (χ0v) is 24.0. The number of anilines is 1. The van der Waals surface area contributed by atoms with Crippen LogP contribution in [0, 0.1) is 6.92 Å². The molecule has 1 atom stereocenters. The molecule has 220 valence electrons. The third-order valence-corrected chi connectivity index (χ3v) is 7.74. The Bertz CT molecular complexity index is 1370. The smallest absolute Gasteiger partial charge is 0.247 e. The molecule has 9 nitrogen and oxygen atoms in total. The van der Waals surface area contributed by atoms with Crippen LogP contribution in [0.1, 0.15) is 74.1 Å². The minimum atomic E-state index is -0.826. The highest BCUT2D eigenvalue weighted by molar-refractivity contribution is 5.91. The normalized spacial score (nSPS) is 15.1. The predicted octanol–water partition coefficient (Wildman–Crippen LogP) is 5.45. The molecule has 3 aromatic rings. The zero-order valence-electron chi connectivity index (χ0n) is 24.0. The number of nitrogens with zero attached hydrogens (tertiary/aromatic N) is 2. The van der Waals surface area contributed by atoms with Crippen molar-refractivity contribution in [2.45, 2.75) is 76.9 Å². The number of nitrogens with one attached hydrogen (secondary N) is 2. The number of benzene rings is 2. The summed E-state index contributed by atoms with van der Waals surface area (Å²) in [7, 11) is 0. The molecular formula is C33H38N4O5. The molecule has 2 aromatic carbocycles. The Morgan fingerprint density at radius 3 is 2.50 bits per heavy atom. The first kappa shape index (κ1) is 29.1. The van der Waals surface area contributed by atoms with Crippen molar-refractivity contribution in [3.63, 3.8) is 0 Å².